The molecule has 0 saturated carbocycles. The first-order chi connectivity index (χ1) is 5.29. The molecule has 0 bridgehead atoms. The van der Waals surface area contributed by atoms with Gasteiger partial charge in [-0.25, -0.2) is 0 Å². The van der Waals surface area contributed by atoms with Crippen molar-refractivity contribution in [2.75, 3.05) is 12.4 Å². The monoisotopic (exact) mass is 149 g/mol. The third kappa shape index (κ3) is 1.53. The van der Waals surface area contributed by atoms with Crippen LogP contribution in [0.15, 0.2) is 18.2 Å². The number of hydrogen-bond acceptors (Lipinski definition) is 1. The molecule has 0 fully saturated rings. The van der Waals surface area contributed by atoms with Gasteiger partial charge in [0.25, 0.3) is 0 Å². The number of hydrogen-bond donors (Lipinski definition) is 1. The number of anilines is 1. The van der Waals surface area contributed by atoms with Crippen molar-refractivity contribution in [3.05, 3.63) is 29.3 Å². The summed E-state index contributed by atoms with van der Waals surface area (Å²) in [5.41, 5.74) is 4.04. The Kier molecular flexibility index (Phi) is 2.53. The summed E-state index contributed by atoms with van der Waals surface area (Å²) >= 11 is 0. The molecule has 1 N–H and O–H groups in total. The van der Waals surface area contributed by atoms with Crippen LogP contribution in [0.25, 0.3) is 0 Å². The smallest absolute Gasteiger partial charge is 0.0370 e. The molecule has 0 amide bonds. The number of aryl methyl sites for hydroxylation is 1. The van der Waals surface area contributed by atoms with Crippen molar-refractivity contribution in [2.24, 2.45) is 0 Å². The predicted octanol–water partition coefficient (Wildman–Crippen LogP) is 2.60. The van der Waals surface area contributed by atoms with Crippen molar-refractivity contribution in [1.29, 1.82) is 0 Å². The van der Waals surface area contributed by atoms with Gasteiger partial charge in [0.15, 0.2) is 0 Å². The maximum absolute atomic E-state index is 3.17. The molecule has 0 aliphatic carbocycles. The van der Waals surface area contributed by atoms with E-state index in [0.717, 1.165) is 6.42 Å². The fourth-order valence-corrected chi connectivity index (χ4v) is 1.34. The zero-order chi connectivity index (χ0) is 8.27. The molecule has 0 radical (unpaired) electrons. The molecule has 1 rings (SSSR count). The van der Waals surface area contributed by atoms with E-state index in [0.29, 0.717) is 0 Å². The van der Waals surface area contributed by atoms with Gasteiger partial charge < -0.3 is 5.32 Å². The second kappa shape index (κ2) is 3.42. The van der Waals surface area contributed by atoms with E-state index in [9.17, 15) is 0 Å². The van der Waals surface area contributed by atoms with E-state index in [1.807, 2.05) is 7.05 Å². The SMILES string of the molecule is CCc1cccc(NC)c1C. The minimum atomic E-state index is 1.11. The van der Waals surface area contributed by atoms with E-state index in [1.54, 1.807) is 0 Å². The zero-order valence-electron chi connectivity index (χ0n) is 7.44. The van der Waals surface area contributed by atoms with E-state index in [4.69, 9.17) is 0 Å². The molecule has 1 heteroatoms. The average Bonchev–Trinajstić information content (AvgIpc) is 2.05. The number of rotatable bonds is 2. The average molecular weight is 149 g/mol. The molecular weight excluding hydrogens is 134 g/mol. The second-order valence-electron chi connectivity index (χ2n) is 2.69. The lowest BCUT2D eigenvalue weighted by Crippen LogP contribution is -1.94. The van der Waals surface area contributed by atoms with E-state index < -0.39 is 0 Å². The maximum Gasteiger partial charge on any atom is 0.0370 e. The van der Waals surface area contributed by atoms with Gasteiger partial charge in [0.05, 0.1) is 0 Å². The van der Waals surface area contributed by atoms with Gasteiger partial charge in [-0.1, -0.05) is 19.1 Å². The summed E-state index contributed by atoms with van der Waals surface area (Å²) in [6, 6.07) is 6.38. The Morgan fingerprint density at radius 2 is 2.09 bits per heavy atom. The molecule has 1 aromatic rings. The summed E-state index contributed by atoms with van der Waals surface area (Å²) in [5.74, 6) is 0. The Labute approximate surface area is 68.4 Å². The van der Waals surface area contributed by atoms with Crippen molar-refractivity contribution in [1.82, 2.24) is 0 Å². The molecule has 60 valence electrons. The maximum atomic E-state index is 3.17. The molecule has 0 heterocycles. The first-order valence-corrected chi connectivity index (χ1v) is 4.05. The number of benzene rings is 1. The molecule has 0 aromatic heterocycles. The van der Waals surface area contributed by atoms with E-state index in [1.165, 1.54) is 16.8 Å². The van der Waals surface area contributed by atoms with Crippen LogP contribution < -0.4 is 5.32 Å². The second-order valence-corrected chi connectivity index (χ2v) is 2.69. The first-order valence-electron chi connectivity index (χ1n) is 4.05. The van der Waals surface area contributed by atoms with Crippen molar-refractivity contribution >= 4 is 5.69 Å². The Balaban J connectivity index is 3.10. The van der Waals surface area contributed by atoms with Crippen LogP contribution in [-0.2, 0) is 6.42 Å². The van der Waals surface area contributed by atoms with Crippen LogP contribution in [-0.4, -0.2) is 7.05 Å². The highest BCUT2D eigenvalue weighted by molar-refractivity contribution is 5.53. The minimum absolute atomic E-state index is 1.11. The molecule has 0 aliphatic rings. The largest absolute Gasteiger partial charge is 0.388 e. The van der Waals surface area contributed by atoms with Crippen LogP contribution in [0.2, 0.25) is 0 Å². The minimum Gasteiger partial charge on any atom is -0.388 e. The van der Waals surface area contributed by atoms with Crippen LogP contribution in [0.4, 0.5) is 5.69 Å². The summed E-state index contributed by atoms with van der Waals surface area (Å²) < 4.78 is 0. The van der Waals surface area contributed by atoms with E-state index in [2.05, 4.69) is 37.4 Å². The Morgan fingerprint density at radius 3 is 2.64 bits per heavy atom. The van der Waals surface area contributed by atoms with Crippen molar-refractivity contribution in [3.8, 4) is 0 Å². The van der Waals surface area contributed by atoms with Gasteiger partial charge in [-0.15, -0.1) is 0 Å². The summed E-state index contributed by atoms with van der Waals surface area (Å²) in [6.45, 7) is 4.34. The molecule has 0 spiro atoms. The van der Waals surface area contributed by atoms with E-state index in [-0.39, 0.29) is 0 Å². The standard InChI is InChI=1S/C10H15N/c1-4-9-6-5-7-10(11-3)8(9)2/h5-7,11H,4H2,1-3H3. The quantitative estimate of drug-likeness (QED) is 0.681. The zero-order valence-corrected chi connectivity index (χ0v) is 7.44. The van der Waals surface area contributed by atoms with Gasteiger partial charge >= 0.3 is 0 Å². The summed E-state index contributed by atoms with van der Waals surface area (Å²) in [4.78, 5) is 0. The van der Waals surface area contributed by atoms with Gasteiger partial charge in [-0.2, -0.15) is 0 Å². The molecular formula is C10H15N. The third-order valence-corrected chi connectivity index (χ3v) is 2.10. The fraction of sp³-hybridized carbons (Fsp3) is 0.400. The molecule has 11 heavy (non-hydrogen) atoms. The number of nitrogens with one attached hydrogen (secondary N) is 1. The highest BCUT2D eigenvalue weighted by atomic mass is 14.8. The van der Waals surface area contributed by atoms with Crippen molar-refractivity contribution < 1.29 is 0 Å². The van der Waals surface area contributed by atoms with Crippen LogP contribution >= 0.6 is 0 Å². The molecule has 0 atom stereocenters. The summed E-state index contributed by atoms with van der Waals surface area (Å²) in [7, 11) is 1.96. The normalized spacial score (nSPS) is 9.73. The Bertz CT molecular complexity index is 218. The first kappa shape index (κ1) is 8.12. The van der Waals surface area contributed by atoms with Gasteiger partial charge in [0.2, 0.25) is 0 Å². The lowest BCUT2D eigenvalue weighted by molar-refractivity contribution is 1.11. The third-order valence-electron chi connectivity index (χ3n) is 2.10. The van der Waals surface area contributed by atoms with Gasteiger partial charge in [0, 0.05) is 12.7 Å². The molecule has 0 saturated heterocycles. The summed E-state index contributed by atoms with van der Waals surface area (Å²) in [5, 5.41) is 3.17. The molecule has 1 aromatic carbocycles. The lowest BCUT2D eigenvalue weighted by atomic mass is 10.1. The fourth-order valence-electron chi connectivity index (χ4n) is 1.34. The predicted molar refractivity (Wildman–Crippen MR) is 50.1 cm³/mol. The highest BCUT2D eigenvalue weighted by Gasteiger charge is 1.98. The van der Waals surface area contributed by atoms with Crippen molar-refractivity contribution in [3.63, 3.8) is 0 Å². The topological polar surface area (TPSA) is 12.0 Å². The lowest BCUT2D eigenvalue weighted by Gasteiger charge is -2.08. The van der Waals surface area contributed by atoms with Crippen LogP contribution in [0.1, 0.15) is 18.1 Å². The molecule has 0 aliphatic heterocycles. The van der Waals surface area contributed by atoms with Gasteiger partial charge in [-0.05, 0) is 30.5 Å². The van der Waals surface area contributed by atoms with Crippen LogP contribution in [0, 0.1) is 6.92 Å². The van der Waals surface area contributed by atoms with E-state index >= 15 is 0 Å². The van der Waals surface area contributed by atoms with Gasteiger partial charge in [0.1, 0.15) is 0 Å². The van der Waals surface area contributed by atoms with Crippen LogP contribution in [0.5, 0.6) is 0 Å². The highest BCUT2D eigenvalue weighted by Crippen LogP contribution is 2.18. The Hall–Kier alpha value is -0.980. The van der Waals surface area contributed by atoms with Crippen molar-refractivity contribution in [2.45, 2.75) is 20.3 Å². The van der Waals surface area contributed by atoms with Crippen LogP contribution in [0.3, 0.4) is 0 Å². The van der Waals surface area contributed by atoms with Gasteiger partial charge in [-0.3, -0.25) is 0 Å². The summed E-state index contributed by atoms with van der Waals surface area (Å²) in [6.07, 6.45) is 1.11. The molecule has 0 unspecified atom stereocenters. The molecule has 1 nitrogen and oxygen atoms in total. The Morgan fingerprint density at radius 1 is 1.36 bits per heavy atom.